The Kier molecular flexibility index (Phi) is 4.77. The zero-order valence-corrected chi connectivity index (χ0v) is 17.5. The molecule has 4 heterocycles. The molecule has 2 saturated heterocycles. The molecular weight excluding hydrogens is 401 g/mol. The van der Waals surface area contributed by atoms with Crippen LogP contribution < -0.4 is 0 Å². The molecule has 2 aromatic heterocycles. The van der Waals surface area contributed by atoms with E-state index in [9.17, 15) is 14.0 Å². The van der Waals surface area contributed by atoms with Crippen LogP contribution in [0.4, 0.5) is 4.39 Å². The van der Waals surface area contributed by atoms with Crippen molar-refractivity contribution >= 4 is 17.5 Å². The largest absolute Gasteiger partial charge is 0.379 e. The molecule has 2 aliphatic rings. The van der Waals surface area contributed by atoms with E-state index in [1.54, 1.807) is 39.7 Å². The van der Waals surface area contributed by atoms with Gasteiger partial charge in [0.05, 0.1) is 31.0 Å². The van der Waals surface area contributed by atoms with Crippen molar-refractivity contribution in [2.75, 3.05) is 32.8 Å². The maximum absolute atomic E-state index is 14.5. The third-order valence-corrected chi connectivity index (χ3v) is 6.14. The van der Waals surface area contributed by atoms with Crippen LogP contribution in [0.1, 0.15) is 26.3 Å². The van der Waals surface area contributed by atoms with Crippen molar-refractivity contribution in [2.45, 2.75) is 13.0 Å². The third-order valence-electron chi connectivity index (χ3n) is 6.14. The predicted molar refractivity (Wildman–Crippen MR) is 110 cm³/mol. The molecule has 5 rings (SSSR count). The Morgan fingerprint density at radius 1 is 1.10 bits per heavy atom. The summed E-state index contributed by atoms with van der Waals surface area (Å²) in [6.07, 6.45) is 5.23. The molecule has 162 valence electrons. The minimum atomic E-state index is -0.524. The molecule has 2 bridgehead atoms. The summed E-state index contributed by atoms with van der Waals surface area (Å²) in [5.74, 6) is -1.05. The Labute approximate surface area is 178 Å². The van der Waals surface area contributed by atoms with Gasteiger partial charge in [-0.3, -0.25) is 9.59 Å². The lowest BCUT2D eigenvalue weighted by Gasteiger charge is -2.31. The quantitative estimate of drug-likeness (QED) is 0.627. The van der Waals surface area contributed by atoms with Gasteiger partial charge in [0.2, 0.25) is 0 Å². The van der Waals surface area contributed by atoms with Crippen molar-refractivity contribution in [1.29, 1.82) is 0 Å². The summed E-state index contributed by atoms with van der Waals surface area (Å²) in [6, 6.07) is 4.29. The van der Waals surface area contributed by atoms with Gasteiger partial charge in [0.15, 0.2) is 0 Å². The number of carbonyl (C=O) groups excluding carboxylic acids is 2. The fourth-order valence-corrected chi connectivity index (χ4v) is 4.58. The van der Waals surface area contributed by atoms with E-state index < -0.39 is 5.82 Å². The number of rotatable bonds is 2. The monoisotopic (exact) mass is 425 g/mol. The van der Waals surface area contributed by atoms with Crippen LogP contribution in [-0.2, 0) is 11.8 Å². The molecule has 0 unspecified atom stereocenters. The molecule has 2 amide bonds. The minimum Gasteiger partial charge on any atom is -0.379 e. The van der Waals surface area contributed by atoms with Crippen LogP contribution in [0.15, 0.2) is 36.8 Å². The van der Waals surface area contributed by atoms with Crippen LogP contribution in [-0.4, -0.2) is 74.7 Å². The molecule has 3 aromatic rings. The van der Waals surface area contributed by atoms with Crippen LogP contribution >= 0.6 is 0 Å². The molecule has 2 aliphatic heterocycles. The fraction of sp³-hybridized carbons (Fsp3) is 0.409. The van der Waals surface area contributed by atoms with Gasteiger partial charge in [0.1, 0.15) is 17.0 Å². The van der Waals surface area contributed by atoms with Crippen LogP contribution in [0, 0.1) is 18.7 Å². The fourth-order valence-electron chi connectivity index (χ4n) is 4.58. The van der Waals surface area contributed by atoms with Crippen molar-refractivity contribution in [3.8, 4) is 0 Å². The van der Waals surface area contributed by atoms with Gasteiger partial charge >= 0.3 is 0 Å². The molecule has 9 heteroatoms. The summed E-state index contributed by atoms with van der Waals surface area (Å²) in [5, 5.41) is 4.27. The van der Waals surface area contributed by atoms with Gasteiger partial charge in [-0.15, -0.1) is 0 Å². The van der Waals surface area contributed by atoms with Gasteiger partial charge in [-0.1, -0.05) is 6.07 Å². The summed E-state index contributed by atoms with van der Waals surface area (Å²) >= 11 is 0. The van der Waals surface area contributed by atoms with Crippen molar-refractivity contribution in [3.05, 3.63) is 59.3 Å². The first-order valence-corrected chi connectivity index (χ1v) is 10.3. The lowest BCUT2D eigenvalue weighted by molar-refractivity contribution is 0.0380. The summed E-state index contributed by atoms with van der Waals surface area (Å²) < 4.78 is 23.8. The first-order chi connectivity index (χ1) is 14.9. The molecule has 31 heavy (non-hydrogen) atoms. The average molecular weight is 425 g/mol. The van der Waals surface area contributed by atoms with E-state index in [4.69, 9.17) is 4.74 Å². The molecule has 8 nitrogen and oxygen atoms in total. The van der Waals surface area contributed by atoms with Crippen LogP contribution in [0.2, 0.25) is 0 Å². The van der Waals surface area contributed by atoms with Crippen molar-refractivity contribution in [2.24, 2.45) is 13.0 Å². The molecular formula is C22H24FN5O3. The van der Waals surface area contributed by atoms with Gasteiger partial charge in [-0.2, -0.15) is 5.10 Å². The second-order valence-electron chi connectivity index (χ2n) is 8.44. The zero-order chi connectivity index (χ0) is 21.7. The number of ether oxygens (including phenoxy) is 1. The first kappa shape index (κ1) is 19.7. The molecule has 1 aromatic carbocycles. The van der Waals surface area contributed by atoms with E-state index in [1.807, 2.05) is 17.8 Å². The molecule has 2 atom stereocenters. The van der Waals surface area contributed by atoms with Crippen LogP contribution in [0.3, 0.4) is 0 Å². The Bertz CT molecular complexity index is 1170. The number of fused-ring (bicyclic) bond motifs is 4. The molecule has 0 saturated carbocycles. The van der Waals surface area contributed by atoms with E-state index in [0.717, 1.165) is 11.2 Å². The SMILES string of the molecule is Cc1ccc(C(=O)N2C[C@H]3COC[C@@H]2CN(C(=O)c2cnn4ccn(C)c24)C3)c(F)c1. The van der Waals surface area contributed by atoms with Gasteiger partial charge < -0.3 is 19.1 Å². The average Bonchev–Trinajstić information content (AvgIpc) is 3.17. The minimum absolute atomic E-state index is 0.0478. The third kappa shape index (κ3) is 3.38. The number of aryl methyl sites for hydroxylation is 2. The maximum Gasteiger partial charge on any atom is 0.259 e. The number of amides is 2. The molecule has 0 N–H and O–H groups in total. The van der Waals surface area contributed by atoms with E-state index in [0.29, 0.717) is 38.4 Å². The van der Waals surface area contributed by atoms with Gasteiger partial charge in [0, 0.05) is 45.0 Å². The van der Waals surface area contributed by atoms with Gasteiger partial charge in [-0.05, 0) is 24.6 Å². The number of carbonyl (C=O) groups is 2. The Morgan fingerprint density at radius 3 is 2.74 bits per heavy atom. The van der Waals surface area contributed by atoms with E-state index in [-0.39, 0.29) is 29.3 Å². The second-order valence-corrected chi connectivity index (χ2v) is 8.44. The predicted octanol–water partition coefficient (Wildman–Crippen LogP) is 1.73. The lowest BCUT2D eigenvalue weighted by Crippen LogP contribution is -2.48. The highest BCUT2D eigenvalue weighted by atomic mass is 19.1. The summed E-state index contributed by atoms with van der Waals surface area (Å²) in [7, 11) is 1.87. The molecule has 0 spiro atoms. The van der Waals surface area contributed by atoms with Crippen molar-refractivity contribution in [3.63, 3.8) is 0 Å². The number of aromatic nitrogens is 3. The lowest BCUT2D eigenvalue weighted by atomic mass is 10.1. The Hall–Kier alpha value is -3.20. The van der Waals surface area contributed by atoms with E-state index in [1.165, 1.54) is 12.1 Å². The van der Waals surface area contributed by atoms with Crippen molar-refractivity contribution < 1.29 is 18.7 Å². The number of nitrogens with zero attached hydrogens (tertiary/aromatic N) is 5. The number of imidazole rings is 1. The highest BCUT2D eigenvalue weighted by molar-refractivity contribution is 6.00. The number of hydrogen-bond donors (Lipinski definition) is 0. The standard InChI is InChI=1S/C22H24FN5O3/c1-14-3-4-17(19(23)7-14)22(30)27-10-15-9-26(11-16(27)13-31-12-15)21(29)18-8-24-28-6-5-25(2)20(18)28/h3-8,15-16H,9-13H2,1-2H3/t15-,16-/m0/s1. The van der Waals surface area contributed by atoms with E-state index in [2.05, 4.69) is 5.10 Å². The second kappa shape index (κ2) is 7.49. The highest BCUT2D eigenvalue weighted by Crippen LogP contribution is 2.25. The number of hydrogen-bond acceptors (Lipinski definition) is 4. The maximum atomic E-state index is 14.5. The Balaban J connectivity index is 1.44. The van der Waals surface area contributed by atoms with E-state index >= 15 is 0 Å². The van der Waals surface area contributed by atoms with Crippen LogP contribution in [0.25, 0.3) is 5.65 Å². The first-order valence-electron chi connectivity index (χ1n) is 10.3. The zero-order valence-electron chi connectivity index (χ0n) is 17.5. The number of benzene rings is 1. The Morgan fingerprint density at radius 2 is 1.94 bits per heavy atom. The van der Waals surface area contributed by atoms with Gasteiger partial charge in [-0.25, -0.2) is 8.91 Å². The normalized spacial score (nSPS) is 21.4. The molecule has 0 radical (unpaired) electrons. The summed E-state index contributed by atoms with van der Waals surface area (Å²) in [4.78, 5) is 30.1. The summed E-state index contributed by atoms with van der Waals surface area (Å²) in [5.41, 5.74) is 2.07. The topological polar surface area (TPSA) is 72.1 Å². The molecule has 2 fully saturated rings. The van der Waals surface area contributed by atoms with Crippen LogP contribution in [0.5, 0.6) is 0 Å². The molecule has 0 aliphatic carbocycles. The van der Waals surface area contributed by atoms with Crippen molar-refractivity contribution in [1.82, 2.24) is 24.0 Å². The highest BCUT2D eigenvalue weighted by Gasteiger charge is 2.39. The number of halogens is 1. The van der Waals surface area contributed by atoms with Gasteiger partial charge in [0.25, 0.3) is 11.8 Å². The smallest absolute Gasteiger partial charge is 0.259 e. The summed E-state index contributed by atoms with van der Waals surface area (Å²) in [6.45, 7) is 3.77.